The van der Waals surface area contributed by atoms with Crippen LogP contribution in [0.5, 0.6) is 0 Å². The third-order valence-corrected chi connectivity index (χ3v) is 4.53. The van der Waals surface area contributed by atoms with E-state index in [1.54, 1.807) is 11.3 Å². The third kappa shape index (κ3) is 3.44. The van der Waals surface area contributed by atoms with Gasteiger partial charge in [0.2, 0.25) is 0 Å². The molecule has 0 aliphatic heterocycles. The average molecular weight is 238 g/mol. The molecule has 1 rings (SSSR count). The molecule has 0 amide bonds. The summed E-state index contributed by atoms with van der Waals surface area (Å²) in [5, 5.41) is 0. The van der Waals surface area contributed by atoms with E-state index in [2.05, 4.69) is 40.7 Å². The van der Waals surface area contributed by atoms with Crippen LogP contribution < -0.4 is 0 Å². The van der Waals surface area contributed by atoms with Crippen molar-refractivity contribution < 1.29 is 4.79 Å². The van der Waals surface area contributed by atoms with Crippen LogP contribution >= 0.6 is 11.3 Å². The van der Waals surface area contributed by atoms with Crippen LogP contribution in [-0.4, -0.2) is 5.78 Å². The second-order valence-electron chi connectivity index (χ2n) is 5.51. The second-order valence-corrected chi connectivity index (χ2v) is 6.68. The Labute approximate surface area is 103 Å². The Morgan fingerprint density at radius 2 is 2.00 bits per heavy atom. The minimum absolute atomic E-state index is 0.209. The van der Waals surface area contributed by atoms with Gasteiger partial charge in [-0.05, 0) is 29.9 Å². The van der Waals surface area contributed by atoms with Crippen molar-refractivity contribution in [2.24, 2.45) is 11.3 Å². The summed E-state index contributed by atoms with van der Waals surface area (Å²) in [5.74, 6) is 0.722. The zero-order chi connectivity index (χ0) is 12.3. The number of carbonyl (C=O) groups excluding carboxylic acids is 1. The van der Waals surface area contributed by atoms with Gasteiger partial charge in [0.25, 0.3) is 0 Å². The summed E-state index contributed by atoms with van der Waals surface area (Å²) in [5.41, 5.74) is 0.209. The number of carbonyl (C=O) groups is 1. The van der Waals surface area contributed by atoms with Crippen LogP contribution in [0.2, 0.25) is 0 Å². The van der Waals surface area contributed by atoms with E-state index in [0.717, 1.165) is 11.3 Å². The SMILES string of the molecule is CCc1ccc(C(=O)CC(C)C(C)(C)C)s1. The molecule has 1 aromatic rings. The molecule has 16 heavy (non-hydrogen) atoms. The Hall–Kier alpha value is -0.630. The molecule has 0 fully saturated rings. The van der Waals surface area contributed by atoms with Crippen LogP contribution in [0.3, 0.4) is 0 Å². The van der Waals surface area contributed by atoms with Crippen molar-refractivity contribution in [3.8, 4) is 0 Å². The molecule has 0 aliphatic rings. The van der Waals surface area contributed by atoms with Crippen LogP contribution in [-0.2, 0) is 6.42 Å². The molecule has 0 saturated carbocycles. The number of ketones is 1. The lowest BCUT2D eigenvalue weighted by molar-refractivity contribution is 0.0931. The van der Waals surface area contributed by atoms with Crippen LogP contribution in [0.25, 0.3) is 0 Å². The van der Waals surface area contributed by atoms with E-state index >= 15 is 0 Å². The van der Waals surface area contributed by atoms with Gasteiger partial charge in [-0.1, -0.05) is 34.6 Å². The minimum Gasteiger partial charge on any atom is -0.293 e. The van der Waals surface area contributed by atoms with E-state index in [1.807, 2.05) is 6.07 Å². The first-order valence-electron chi connectivity index (χ1n) is 5.96. The molecule has 0 spiro atoms. The van der Waals surface area contributed by atoms with Crippen molar-refractivity contribution in [1.82, 2.24) is 0 Å². The maximum atomic E-state index is 12.0. The van der Waals surface area contributed by atoms with Crippen molar-refractivity contribution in [2.75, 3.05) is 0 Å². The number of rotatable bonds is 4. The zero-order valence-electron chi connectivity index (χ0n) is 11.0. The predicted molar refractivity (Wildman–Crippen MR) is 71.3 cm³/mol. The molecule has 0 saturated heterocycles. The Balaban J connectivity index is 2.66. The van der Waals surface area contributed by atoms with Crippen LogP contribution in [0, 0.1) is 11.3 Å². The zero-order valence-corrected chi connectivity index (χ0v) is 11.8. The molecule has 0 radical (unpaired) electrons. The number of thiophene rings is 1. The number of hydrogen-bond donors (Lipinski definition) is 0. The summed E-state index contributed by atoms with van der Waals surface area (Å²) < 4.78 is 0. The highest BCUT2D eigenvalue weighted by Crippen LogP contribution is 2.30. The van der Waals surface area contributed by atoms with Gasteiger partial charge in [0.1, 0.15) is 0 Å². The average Bonchev–Trinajstić information content (AvgIpc) is 2.64. The summed E-state index contributed by atoms with van der Waals surface area (Å²) in [4.78, 5) is 14.3. The van der Waals surface area contributed by atoms with Gasteiger partial charge in [-0.15, -0.1) is 11.3 Å². The highest BCUT2D eigenvalue weighted by molar-refractivity contribution is 7.14. The second kappa shape index (κ2) is 5.13. The Morgan fingerprint density at radius 1 is 1.38 bits per heavy atom. The normalized spacial score (nSPS) is 13.8. The topological polar surface area (TPSA) is 17.1 Å². The fraction of sp³-hybridized carbons (Fsp3) is 0.643. The van der Waals surface area contributed by atoms with Gasteiger partial charge in [0, 0.05) is 11.3 Å². The quantitative estimate of drug-likeness (QED) is 0.702. The van der Waals surface area contributed by atoms with Crippen LogP contribution in [0.15, 0.2) is 12.1 Å². The molecule has 1 atom stereocenters. The highest BCUT2D eigenvalue weighted by Gasteiger charge is 2.23. The third-order valence-electron chi connectivity index (χ3n) is 3.25. The molecule has 0 aliphatic carbocycles. The summed E-state index contributed by atoms with van der Waals surface area (Å²) in [6.45, 7) is 10.9. The monoisotopic (exact) mass is 238 g/mol. The molecule has 0 aromatic carbocycles. The van der Waals surface area contributed by atoms with Crippen molar-refractivity contribution in [2.45, 2.75) is 47.5 Å². The van der Waals surface area contributed by atoms with Gasteiger partial charge < -0.3 is 0 Å². The summed E-state index contributed by atoms with van der Waals surface area (Å²) in [6, 6.07) is 4.04. The molecule has 90 valence electrons. The van der Waals surface area contributed by atoms with Crippen LogP contribution in [0.4, 0.5) is 0 Å². The Bertz CT molecular complexity index is 357. The summed E-state index contributed by atoms with van der Waals surface area (Å²) in [6.07, 6.45) is 1.68. The number of Topliss-reactive ketones (excluding diaryl/α,β-unsaturated/α-hetero) is 1. The van der Waals surface area contributed by atoms with Crippen molar-refractivity contribution in [1.29, 1.82) is 0 Å². The first-order chi connectivity index (χ1) is 7.34. The molecular formula is C14H22OS. The molecule has 2 heteroatoms. The molecular weight excluding hydrogens is 216 g/mol. The molecule has 0 N–H and O–H groups in total. The largest absolute Gasteiger partial charge is 0.293 e. The maximum Gasteiger partial charge on any atom is 0.173 e. The molecule has 1 heterocycles. The standard InChI is InChI=1S/C14H22OS/c1-6-11-7-8-13(16-11)12(15)9-10(2)14(3,4)5/h7-8,10H,6,9H2,1-5H3. The van der Waals surface area contributed by atoms with Crippen molar-refractivity contribution in [3.05, 3.63) is 21.9 Å². The molecule has 1 aromatic heterocycles. The predicted octanol–water partition coefficient (Wildman–Crippen LogP) is 4.57. The number of aryl methyl sites for hydroxylation is 1. The van der Waals surface area contributed by atoms with Gasteiger partial charge in [-0.2, -0.15) is 0 Å². The lowest BCUT2D eigenvalue weighted by Gasteiger charge is -2.26. The first kappa shape index (κ1) is 13.4. The minimum atomic E-state index is 0.209. The van der Waals surface area contributed by atoms with Crippen molar-refractivity contribution in [3.63, 3.8) is 0 Å². The van der Waals surface area contributed by atoms with E-state index in [0.29, 0.717) is 18.1 Å². The van der Waals surface area contributed by atoms with Gasteiger partial charge in [-0.3, -0.25) is 4.79 Å². The lowest BCUT2D eigenvalue weighted by Crippen LogP contribution is -2.20. The molecule has 1 nitrogen and oxygen atoms in total. The smallest absolute Gasteiger partial charge is 0.173 e. The van der Waals surface area contributed by atoms with E-state index in [4.69, 9.17) is 0 Å². The van der Waals surface area contributed by atoms with E-state index in [9.17, 15) is 4.79 Å². The fourth-order valence-corrected chi connectivity index (χ4v) is 2.30. The van der Waals surface area contributed by atoms with E-state index in [1.165, 1.54) is 4.88 Å². The highest BCUT2D eigenvalue weighted by atomic mass is 32.1. The van der Waals surface area contributed by atoms with Gasteiger partial charge in [-0.25, -0.2) is 0 Å². The van der Waals surface area contributed by atoms with Gasteiger partial charge >= 0.3 is 0 Å². The summed E-state index contributed by atoms with van der Waals surface area (Å²) in [7, 11) is 0. The Kier molecular flexibility index (Phi) is 4.31. The summed E-state index contributed by atoms with van der Waals surface area (Å²) >= 11 is 1.64. The maximum absolute atomic E-state index is 12.0. The number of hydrogen-bond acceptors (Lipinski definition) is 2. The fourth-order valence-electron chi connectivity index (χ4n) is 1.40. The van der Waals surface area contributed by atoms with Gasteiger partial charge in [0.15, 0.2) is 5.78 Å². The first-order valence-corrected chi connectivity index (χ1v) is 6.78. The van der Waals surface area contributed by atoms with E-state index in [-0.39, 0.29) is 5.41 Å². The van der Waals surface area contributed by atoms with Crippen molar-refractivity contribution >= 4 is 17.1 Å². The lowest BCUT2D eigenvalue weighted by atomic mass is 9.79. The molecule has 1 unspecified atom stereocenters. The van der Waals surface area contributed by atoms with Crippen LogP contribution in [0.1, 0.15) is 55.6 Å². The van der Waals surface area contributed by atoms with Gasteiger partial charge in [0.05, 0.1) is 4.88 Å². The van der Waals surface area contributed by atoms with E-state index < -0.39 is 0 Å². The Morgan fingerprint density at radius 3 is 2.44 bits per heavy atom. The molecule has 0 bridgehead atoms.